The van der Waals surface area contributed by atoms with Crippen molar-refractivity contribution in [1.29, 1.82) is 0 Å². The highest BCUT2D eigenvalue weighted by atomic mass is 32.2. The van der Waals surface area contributed by atoms with E-state index in [0.717, 1.165) is 12.8 Å². The van der Waals surface area contributed by atoms with Gasteiger partial charge in [0.15, 0.2) is 0 Å². The van der Waals surface area contributed by atoms with E-state index in [2.05, 4.69) is 11.6 Å². The van der Waals surface area contributed by atoms with Crippen molar-refractivity contribution in [3.8, 4) is 0 Å². The fraction of sp³-hybridized carbons (Fsp3) is 1.00. The maximum atomic E-state index is 12.3. The van der Waals surface area contributed by atoms with Crippen LogP contribution in [0.3, 0.4) is 0 Å². The maximum absolute atomic E-state index is 12.3. The molecule has 0 heterocycles. The van der Waals surface area contributed by atoms with Crippen LogP contribution in [0.2, 0.25) is 0 Å². The fourth-order valence-electron chi connectivity index (χ4n) is 1.95. The Morgan fingerprint density at radius 1 is 1.36 bits per heavy atom. The number of alkyl halides is 2. The predicted octanol–water partition coefficient (Wildman–Crippen LogP) is 2.90. The second kappa shape index (κ2) is 5.91. The Bertz CT molecular complexity index is 166. The van der Waals surface area contributed by atoms with Crippen molar-refractivity contribution >= 4 is 11.8 Å². The van der Waals surface area contributed by atoms with Crippen LogP contribution in [0.15, 0.2) is 0 Å². The highest BCUT2D eigenvalue weighted by Gasteiger charge is 2.24. The molecule has 3 atom stereocenters. The van der Waals surface area contributed by atoms with E-state index in [1.54, 1.807) is 6.92 Å². The van der Waals surface area contributed by atoms with Crippen LogP contribution < -0.4 is 5.32 Å². The van der Waals surface area contributed by atoms with Gasteiger partial charge in [0.05, 0.1) is 6.04 Å². The molecule has 0 saturated heterocycles. The molecule has 0 spiro atoms. The van der Waals surface area contributed by atoms with Crippen LogP contribution in [0.4, 0.5) is 8.78 Å². The number of nitrogens with one attached hydrogen (secondary N) is 1. The lowest BCUT2D eigenvalue weighted by atomic mass is 9.94. The third kappa shape index (κ3) is 3.73. The second-order valence-electron chi connectivity index (χ2n) is 4.01. The Labute approximate surface area is 89.0 Å². The van der Waals surface area contributed by atoms with E-state index in [4.69, 9.17) is 0 Å². The normalized spacial score (nSPS) is 30.6. The van der Waals surface area contributed by atoms with Crippen LogP contribution >= 0.6 is 11.8 Å². The minimum Gasteiger partial charge on any atom is -0.306 e. The van der Waals surface area contributed by atoms with Crippen LogP contribution in [0, 0.1) is 0 Å². The van der Waals surface area contributed by atoms with Crippen molar-refractivity contribution in [2.24, 2.45) is 0 Å². The third-order valence-electron chi connectivity index (χ3n) is 2.84. The van der Waals surface area contributed by atoms with Gasteiger partial charge < -0.3 is 5.32 Å². The first-order valence-corrected chi connectivity index (χ1v) is 6.49. The molecule has 3 unspecified atom stereocenters. The Balaban J connectivity index is 2.30. The zero-order valence-electron chi connectivity index (χ0n) is 8.80. The van der Waals surface area contributed by atoms with Crippen molar-refractivity contribution in [3.63, 3.8) is 0 Å². The van der Waals surface area contributed by atoms with Gasteiger partial charge in [-0.25, -0.2) is 8.78 Å². The van der Waals surface area contributed by atoms with Crippen molar-refractivity contribution < 1.29 is 8.78 Å². The lowest BCUT2D eigenvalue weighted by molar-refractivity contribution is 0.0966. The van der Waals surface area contributed by atoms with Crippen LogP contribution in [-0.4, -0.2) is 30.0 Å². The zero-order chi connectivity index (χ0) is 10.6. The number of thioether (sulfide) groups is 1. The minimum atomic E-state index is -2.25. The average molecular weight is 223 g/mol. The summed E-state index contributed by atoms with van der Waals surface area (Å²) in [5, 5.41) is 3.68. The van der Waals surface area contributed by atoms with Gasteiger partial charge >= 0.3 is 0 Å². The van der Waals surface area contributed by atoms with Gasteiger partial charge in [0, 0.05) is 11.3 Å². The lowest BCUT2D eigenvalue weighted by Gasteiger charge is -2.30. The highest BCUT2D eigenvalue weighted by Crippen LogP contribution is 2.27. The molecule has 0 amide bonds. The number of rotatable bonds is 4. The number of halogens is 2. The standard InChI is InChI=1S/C10H19F2NS/c1-7(10(11)12)13-8-4-3-5-9(6-8)14-2/h7-10,13H,3-6H2,1-2H3. The van der Waals surface area contributed by atoms with E-state index in [-0.39, 0.29) is 0 Å². The van der Waals surface area contributed by atoms with Gasteiger partial charge in [0.25, 0.3) is 6.43 Å². The summed E-state index contributed by atoms with van der Waals surface area (Å²) < 4.78 is 24.6. The molecule has 1 fully saturated rings. The van der Waals surface area contributed by atoms with E-state index < -0.39 is 12.5 Å². The summed E-state index contributed by atoms with van der Waals surface area (Å²) in [4.78, 5) is 0. The van der Waals surface area contributed by atoms with E-state index >= 15 is 0 Å². The summed E-state index contributed by atoms with van der Waals surface area (Å²) in [5.74, 6) is 0. The quantitative estimate of drug-likeness (QED) is 0.786. The maximum Gasteiger partial charge on any atom is 0.253 e. The minimum absolute atomic E-state index is 0.296. The number of hydrogen-bond acceptors (Lipinski definition) is 2. The SMILES string of the molecule is CSC1CCCC(NC(C)C(F)F)C1. The Kier molecular flexibility index (Phi) is 5.17. The summed E-state index contributed by atoms with van der Waals surface area (Å²) in [6.07, 6.45) is 4.35. The molecule has 1 nitrogen and oxygen atoms in total. The Morgan fingerprint density at radius 3 is 2.64 bits per heavy atom. The van der Waals surface area contributed by atoms with Gasteiger partial charge in [-0.15, -0.1) is 0 Å². The number of hydrogen-bond donors (Lipinski definition) is 1. The molecule has 0 aromatic rings. The molecular weight excluding hydrogens is 204 g/mol. The van der Waals surface area contributed by atoms with E-state index in [9.17, 15) is 8.78 Å². The van der Waals surface area contributed by atoms with E-state index in [0.29, 0.717) is 11.3 Å². The molecule has 0 bridgehead atoms. The second-order valence-corrected chi connectivity index (χ2v) is 5.15. The Hall–Kier alpha value is 0.170. The monoisotopic (exact) mass is 223 g/mol. The van der Waals surface area contributed by atoms with Crippen LogP contribution in [-0.2, 0) is 0 Å². The van der Waals surface area contributed by atoms with Gasteiger partial charge in [-0.1, -0.05) is 6.42 Å². The van der Waals surface area contributed by atoms with E-state index in [1.807, 2.05) is 11.8 Å². The van der Waals surface area contributed by atoms with Crippen molar-refractivity contribution in [2.45, 2.75) is 56.4 Å². The fourth-order valence-corrected chi connectivity index (χ4v) is 2.78. The molecule has 14 heavy (non-hydrogen) atoms. The molecule has 0 aromatic heterocycles. The van der Waals surface area contributed by atoms with Crippen LogP contribution in [0.25, 0.3) is 0 Å². The van der Waals surface area contributed by atoms with Crippen LogP contribution in [0.5, 0.6) is 0 Å². The summed E-state index contributed by atoms with van der Waals surface area (Å²) in [6.45, 7) is 1.56. The summed E-state index contributed by atoms with van der Waals surface area (Å²) in [6, 6.07) is -0.370. The molecule has 1 aliphatic rings. The summed E-state index contributed by atoms with van der Waals surface area (Å²) in [7, 11) is 0. The smallest absolute Gasteiger partial charge is 0.253 e. The predicted molar refractivity (Wildman–Crippen MR) is 58.2 cm³/mol. The topological polar surface area (TPSA) is 12.0 Å². The third-order valence-corrected chi connectivity index (χ3v) is 3.93. The van der Waals surface area contributed by atoms with Crippen molar-refractivity contribution in [2.75, 3.05) is 6.26 Å². The van der Waals surface area contributed by atoms with Gasteiger partial charge in [-0.3, -0.25) is 0 Å². The first-order valence-electron chi connectivity index (χ1n) is 5.20. The highest BCUT2D eigenvalue weighted by molar-refractivity contribution is 7.99. The first kappa shape index (κ1) is 12.2. The molecule has 1 N–H and O–H groups in total. The van der Waals surface area contributed by atoms with Crippen LogP contribution in [0.1, 0.15) is 32.6 Å². The first-order chi connectivity index (χ1) is 6.63. The lowest BCUT2D eigenvalue weighted by Crippen LogP contribution is -2.43. The van der Waals surface area contributed by atoms with Gasteiger partial charge in [0.2, 0.25) is 0 Å². The molecular formula is C10H19F2NS. The average Bonchev–Trinajstić information content (AvgIpc) is 2.18. The van der Waals surface area contributed by atoms with Gasteiger partial charge in [-0.05, 0) is 32.4 Å². The van der Waals surface area contributed by atoms with Gasteiger partial charge in [0.1, 0.15) is 0 Å². The molecule has 4 heteroatoms. The van der Waals surface area contributed by atoms with Gasteiger partial charge in [-0.2, -0.15) is 11.8 Å². The largest absolute Gasteiger partial charge is 0.306 e. The van der Waals surface area contributed by atoms with E-state index in [1.165, 1.54) is 12.8 Å². The molecule has 1 rings (SSSR count). The van der Waals surface area contributed by atoms with Crippen molar-refractivity contribution in [3.05, 3.63) is 0 Å². The summed E-state index contributed by atoms with van der Waals surface area (Å²) >= 11 is 1.86. The van der Waals surface area contributed by atoms with Crippen molar-refractivity contribution in [1.82, 2.24) is 5.32 Å². The molecule has 1 aliphatic carbocycles. The molecule has 1 saturated carbocycles. The molecule has 0 radical (unpaired) electrons. The molecule has 0 aromatic carbocycles. The molecule has 84 valence electrons. The zero-order valence-corrected chi connectivity index (χ0v) is 9.62. The Morgan fingerprint density at radius 2 is 2.07 bits per heavy atom. The molecule has 0 aliphatic heterocycles. The summed E-state index contributed by atoms with van der Waals surface area (Å²) in [5.41, 5.74) is 0.